The molecule has 23 heavy (non-hydrogen) atoms. The molecule has 2 aliphatic heterocycles. The lowest BCUT2D eigenvalue weighted by Crippen LogP contribution is -2.42. The third kappa shape index (κ3) is 3.29. The number of hydrogen-bond donors (Lipinski definition) is 1. The number of aliphatic hydroxyl groups is 1. The lowest BCUT2D eigenvalue weighted by molar-refractivity contribution is 0.0194. The van der Waals surface area contributed by atoms with Gasteiger partial charge in [-0.15, -0.1) is 0 Å². The number of amides is 1. The third-order valence-electron chi connectivity index (χ3n) is 4.40. The lowest BCUT2D eigenvalue weighted by atomic mass is 10.2. The average Bonchev–Trinajstić information content (AvgIpc) is 3.10. The maximum Gasteiger partial charge on any atom is 0.410 e. The molecule has 1 amide bonds. The van der Waals surface area contributed by atoms with Gasteiger partial charge >= 0.3 is 6.09 Å². The van der Waals surface area contributed by atoms with Crippen LogP contribution in [0, 0.1) is 0 Å². The zero-order valence-electron chi connectivity index (χ0n) is 14.2. The second-order valence-corrected chi connectivity index (χ2v) is 7.27. The molecular formula is C16H26N4O3. The molecule has 1 aromatic rings. The summed E-state index contributed by atoms with van der Waals surface area (Å²) in [6, 6.07) is 0.154. The Morgan fingerprint density at radius 2 is 2.17 bits per heavy atom. The van der Waals surface area contributed by atoms with E-state index in [-0.39, 0.29) is 18.7 Å². The first-order chi connectivity index (χ1) is 10.9. The van der Waals surface area contributed by atoms with Crippen LogP contribution in [0.4, 0.5) is 10.5 Å². The quantitative estimate of drug-likeness (QED) is 0.895. The molecule has 3 rings (SSSR count). The Kier molecular flexibility index (Phi) is 4.23. The molecule has 7 heteroatoms. The summed E-state index contributed by atoms with van der Waals surface area (Å²) in [5.41, 5.74) is 1.58. The molecule has 1 fully saturated rings. The topological polar surface area (TPSA) is 70.8 Å². The second kappa shape index (κ2) is 6.03. The first-order valence-electron chi connectivity index (χ1n) is 8.29. The Bertz CT molecular complexity index is 578. The molecule has 0 saturated carbocycles. The molecule has 0 bridgehead atoms. The van der Waals surface area contributed by atoms with Gasteiger partial charge in [0.05, 0.1) is 43.3 Å². The van der Waals surface area contributed by atoms with Gasteiger partial charge in [-0.25, -0.2) is 4.79 Å². The Morgan fingerprint density at radius 3 is 2.87 bits per heavy atom. The minimum absolute atomic E-state index is 0.153. The Labute approximate surface area is 136 Å². The number of anilines is 1. The third-order valence-corrected chi connectivity index (χ3v) is 4.40. The Balaban J connectivity index is 1.77. The van der Waals surface area contributed by atoms with Gasteiger partial charge in [0, 0.05) is 13.1 Å². The van der Waals surface area contributed by atoms with Crippen molar-refractivity contribution >= 4 is 11.8 Å². The van der Waals surface area contributed by atoms with E-state index >= 15 is 0 Å². The Morgan fingerprint density at radius 1 is 1.39 bits per heavy atom. The van der Waals surface area contributed by atoms with E-state index in [2.05, 4.69) is 10.00 Å². The highest BCUT2D eigenvalue weighted by molar-refractivity contribution is 5.69. The minimum Gasteiger partial charge on any atom is -0.444 e. The fourth-order valence-electron chi connectivity index (χ4n) is 3.30. The highest BCUT2D eigenvalue weighted by atomic mass is 16.6. The number of ether oxygens (including phenoxy) is 1. The maximum atomic E-state index is 12.3. The van der Waals surface area contributed by atoms with Crippen molar-refractivity contribution in [1.29, 1.82) is 0 Å². The summed E-state index contributed by atoms with van der Waals surface area (Å²) in [5.74, 6) is 0. The fourth-order valence-corrected chi connectivity index (χ4v) is 3.30. The molecule has 1 N–H and O–H groups in total. The molecule has 0 aliphatic carbocycles. The molecule has 1 atom stereocenters. The number of carbonyl (C=O) groups is 1. The van der Waals surface area contributed by atoms with E-state index in [9.17, 15) is 9.90 Å². The van der Waals surface area contributed by atoms with Crippen molar-refractivity contribution < 1.29 is 14.6 Å². The highest BCUT2D eigenvalue weighted by Crippen LogP contribution is 2.31. The molecule has 1 saturated heterocycles. The number of nitrogens with zero attached hydrogens (tertiary/aromatic N) is 4. The smallest absolute Gasteiger partial charge is 0.410 e. The molecule has 3 heterocycles. The van der Waals surface area contributed by atoms with Crippen molar-refractivity contribution in [2.24, 2.45) is 0 Å². The average molecular weight is 322 g/mol. The number of aliphatic hydroxyl groups excluding tert-OH is 1. The van der Waals surface area contributed by atoms with Gasteiger partial charge in [-0.3, -0.25) is 4.68 Å². The van der Waals surface area contributed by atoms with Gasteiger partial charge in [0.2, 0.25) is 0 Å². The van der Waals surface area contributed by atoms with Crippen LogP contribution in [0.1, 0.15) is 39.3 Å². The first-order valence-corrected chi connectivity index (χ1v) is 8.29. The monoisotopic (exact) mass is 322 g/mol. The van der Waals surface area contributed by atoms with Gasteiger partial charge in [-0.2, -0.15) is 5.10 Å². The maximum absolute atomic E-state index is 12.3. The molecule has 0 aromatic carbocycles. The van der Waals surface area contributed by atoms with E-state index < -0.39 is 5.60 Å². The predicted molar refractivity (Wildman–Crippen MR) is 86.3 cm³/mol. The van der Waals surface area contributed by atoms with Crippen molar-refractivity contribution in [3.05, 3.63) is 11.9 Å². The summed E-state index contributed by atoms with van der Waals surface area (Å²) in [6.07, 6.45) is 3.65. The lowest BCUT2D eigenvalue weighted by Gasteiger charge is -2.32. The zero-order chi connectivity index (χ0) is 16.6. The van der Waals surface area contributed by atoms with E-state index in [1.165, 1.54) is 0 Å². The zero-order valence-corrected chi connectivity index (χ0v) is 14.2. The summed E-state index contributed by atoms with van der Waals surface area (Å²) < 4.78 is 7.44. The van der Waals surface area contributed by atoms with E-state index in [0.717, 1.165) is 30.8 Å². The summed E-state index contributed by atoms with van der Waals surface area (Å²) in [6.45, 7) is 8.48. The fraction of sp³-hybridized carbons (Fsp3) is 0.750. The van der Waals surface area contributed by atoms with Crippen LogP contribution in [0.3, 0.4) is 0 Å². The van der Waals surface area contributed by atoms with Crippen LogP contribution in [0.25, 0.3) is 0 Å². The van der Waals surface area contributed by atoms with Crippen LogP contribution in [0.5, 0.6) is 0 Å². The van der Waals surface area contributed by atoms with E-state index in [1.54, 1.807) is 4.90 Å². The van der Waals surface area contributed by atoms with Gasteiger partial charge in [0.15, 0.2) is 0 Å². The van der Waals surface area contributed by atoms with Crippen molar-refractivity contribution in [1.82, 2.24) is 14.7 Å². The van der Waals surface area contributed by atoms with Gasteiger partial charge in [0.1, 0.15) is 5.60 Å². The highest BCUT2D eigenvalue weighted by Gasteiger charge is 2.32. The van der Waals surface area contributed by atoms with Crippen molar-refractivity contribution in [3.8, 4) is 0 Å². The minimum atomic E-state index is -0.492. The van der Waals surface area contributed by atoms with Gasteiger partial charge in [-0.05, 0) is 33.6 Å². The van der Waals surface area contributed by atoms with Crippen LogP contribution >= 0.6 is 0 Å². The summed E-state index contributed by atoms with van der Waals surface area (Å²) in [4.78, 5) is 16.3. The van der Waals surface area contributed by atoms with Crippen LogP contribution < -0.4 is 4.90 Å². The van der Waals surface area contributed by atoms with Gasteiger partial charge in [-0.1, -0.05) is 0 Å². The first kappa shape index (κ1) is 16.1. The molecular weight excluding hydrogens is 296 g/mol. The number of hydrogen-bond acceptors (Lipinski definition) is 5. The summed E-state index contributed by atoms with van der Waals surface area (Å²) in [5, 5.41) is 14.0. The molecule has 128 valence electrons. The van der Waals surface area contributed by atoms with Crippen LogP contribution in [-0.4, -0.2) is 57.2 Å². The van der Waals surface area contributed by atoms with Crippen LogP contribution in [-0.2, 0) is 17.8 Å². The molecule has 1 aromatic heterocycles. The molecule has 0 radical (unpaired) electrons. The van der Waals surface area contributed by atoms with Gasteiger partial charge in [0.25, 0.3) is 0 Å². The standard InChI is InChI=1S/C16H26N4O3/c1-16(2,3)23-15(22)18-7-8-20-14(10-18)13(9-17-20)19-6-4-5-12(19)11-21/h9,12,21H,4-8,10-11H2,1-3H3. The number of carbonyl (C=O) groups excluding carboxylic acids is 1. The van der Waals surface area contributed by atoms with Crippen molar-refractivity contribution in [3.63, 3.8) is 0 Å². The van der Waals surface area contributed by atoms with E-state index in [1.807, 2.05) is 31.6 Å². The predicted octanol–water partition coefficient (Wildman–Crippen LogP) is 1.59. The number of fused-ring (bicyclic) bond motifs is 1. The van der Waals surface area contributed by atoms with Crippen molar-refractivity contribution in [2.75, 3.05) is 24.6 Å². The molecule has 7 nitrogen and oxygen atoms in total. The largest absolute Gasteiger partial charge is 0.444 e. The van der Waals surface area contributed by atoms with E-state index in [0.29, 0.717) is 19.6 Å². The van der Waals surface area contributed by atoms with Crippen LogP contribution in [0.2, 0.25) is 0 Å². The SMILES string of the molecule is CC(C)(C)OC(=O)N1CCn2ncc(N3CCCC3CO)c2C1. The van der Waals surface area contributed by atoms with Crippen molar-refractivity contribution in [2.45, 2.75) is 58.3 Å². The summed E-state index contributed by atoms with van der Waals surface area (Å²) >= 11 is 0. The van der Waals surface area contributed by atoms with Crippen LogP contribution in [0.15, 0.2) is 6.20 Å². The molecule has 0 spiro atoms. The molecule has 1 unspecified atom stereocenters. The van der Waals surface area contributed by atoms with E-state index in [4.69, 9.17) is 4.74 Å². The van der Waals surface area contributed by atoms with Gasteiger partial charge < -0.3 is 19.6 Å². The number of aromatic nitrogens is 2. The number of rotatable bonds is 2. The second-order valence-electron chi connectivity index (χ2n) is 7.27. The normalized spacial score (nSPS) is 21.5. The Hall–Kier alpha value is -1.76. The summed E-state index contributed by atoms with van der Waals surface area (Å²) in [7, 11) is 0. The molecule has 2 aliphatic rings.